The fourth-order valence-corrected chi connectivity index (χ4v) is 3.46. The van der Waals surface area contributed by atoms with E-state index in [9.17, 15) is 0 Å². The van der Waals surface area contributed by atoms with Crippen LogP contribution < -0.4 is 5.32 Å². The number of nitrogens with zero attached hydrogens (tertiary/aromatic N) is 3. The summed E-state index contributed by atoms with van der Waals surface area (Å²) in [6.07, 6.45) is 3.64. The number of halogens is 1. The third kappa shape index (κ3) is 3.09. The van der Waals surface area contributed by atoms with Crippen molar-refractivity contribution >= 4 is 39.0 Å². The zero-order valence-electron chi connectivity index (χ0n) is 12.6. The molecule has 0 fully saturated rings. The zero-order valence-corrected chi connectivity index (χ0v) is 14.2. The number of fused-ring (bicyclic) bond motifs is 1. The van der Waals surface area contributed by atoms with Crippen LogP contribution in [0.15, 0.2) is 60.2 Å². The van der Waals surface area contributed by atoms with Crippen molar-refractivity contribution in [3.05, 3.63) is 71.1 Å². The molecule has 0 saturated carbocycles. The molecule has 1 N–H and O–H groups in total. The molecule has 0 aliphatic rings. The van der Waals surface area contributed by atoms with Crippen LogP contribution in [0.25, 0.3) is 21.3 Å². The largest absolute Gasteiger partial charge is 0.365 e. The van der Waals surface area contributed by atoms with E-state index in [0.29, 0.717) is 6.54 Å². The minimum absolute atomic E-state index is 0.260. The van der Waals surface area contributed by atoms with Crippen LogP contribution in [0.4, 0.5) is 5.82 Å². The summed E-state index contributed by atoms with van der Waals surface area (Å²) in [6, 6.07) is 14.3. The predicted molar refractivity (Wildman–Crippen MR) is 99.4 cm³/mol. The number of hydrogen-bond acceptors (Lipinski definition) is 5. The zero-order chi connectivity index (χ0) is 16.4. The summed E-state index contributed by atoms with van der Waals surface area (Å²) in [5.41, 5.74) is 4.30. The van der Waals surface area contributed by atoms with Crippen LogP contribution in [0.1, 0.15) is 5.56 Å². The van der Waals surface area contributed by atoms with Gasteiger partial charge in [-0.25, -0.2) is 4.98 Å². The minimum atomic E-state index is 0.260. The van der Waals surface area contributed by atoms with Crippen molar-refractivity contribution < 1.29 is 0 Å². The number of hydrogen-bond donors (Lipinski definition) is 1. The molecule has 1 aromatic carbocycles. The molecule has 24 heavy (non-hydrogen) atoms. The van der Waals surface area contributed by atoms with Gasteiger partial charge in [0.1, 0.15) is 5.82 Å². The van der Waals surface area contributed by atoms with E-state index >= 15 is 0 Å². The Morgan fingerprint density at radius 3 is 2.67 bits per heavy atom. The average Bonchev–Trinajstić information content (AvgIpc) is 3.09. The number of benzene rings is 1. The fourth-order valence-electron chi connectivity index (χ4n) is 2.49. The van der Waals surface area contributed by atoms with E-state index in [2.05, 4.69) is 50.6 Å². The lowest BCUT2D eigenvalue weighted by Crippen LogP contribution is -2.02. The van der Waals surface area contributed by atoms with Gasteiger partial charge in [-0.05, 0) is 45.8 Å². The monoisotopic (exact) mass is 352 g/mol. The average molecular weight is 353 g/mol. The molecule has 0 amide bonds. The van der Waals surface area contributed by atoms with E-state index in [-0.39, 0.29) is 5.28 Å². The van der Waals surface area contributed by atoms with Gasteiger partial charge in [0.2, 0.25) is 5.28 Å². The van der Waals surface area contributed by atoms with Gasteiger partial charge in [-0.1, -0.05) is 30.3 Å². The first-order chi connectivity index (χ1) is 11.8. The molecule has 0 saturated heterocycles. The van der Waals surface area contributed by atoms with E-state index in [4.69, 9.17) is 11.6 Å². The Bertz CT molecular complexity index is 967. The van der Waals surface area contributed by atoms with Crippen molar-refractivity contribution in [2.75, 3.05) is 5.32 Å². The highest BCUT2D eigenvalue weighted by Crippen LogP contribution is 2.27. The van der Waals surface area contributed by atoms with Crippen molar-refractivity contribution in [1.82, 2.24) is 15.0 Å². The molecule has 0 bridgehead atoms. The summed E-state index contributed by atoms with van der Waals surface area (Å²) in [5, 5.41) is 5.60. The third-order valence-electron chi connectivity index (χ3n) is 3.69. The molecule has 4 aromatic rings. The maximum absolute atomic E-state index is 5.99. The van der Waals surface area contributed by atoms with Crippen molar-refractivity contribution in [3.8, 4) is 11.1 Å². The van der Waals surface area contributed by atoms with Gasteiger partial charge in [0.15, 0.2) is 0 Å². The fraction of sp³-hybridized carbons (Fsp3) is 0.0556. The molecular weight excluding hydrogens is 340 g/mol. The van der Waals surface area contributed by atoms with Crippen molar-refractivity contribution in [2.45, 2.75) is 6.54 Å². The second kappa shape index (κ2) is 6.55. The summed E-state index contributed by atoms with van der Waals surface area (Å²) in [5.74, 6) is 0.774. The Labute approximate surface area is 148 Å². The lowest BCUT2D eigenvalue weighted by molar-refractivity contribution is 1.11. The first-order valence-corrected chi connectivity index (χ1v) is 8.69. The predicted octanol–water partition coefficient (Wildman–Crippen LogP) is 5.02. The van der Waals surface area contributed by atoms with Gasteiger partial charge < -0.3 is 5.32 Å². The van der Waals surface area contributed by atoms with E-state index < -0.39 is 0 Å². The van der Waals surface area contributed by atoms with E-state index in [0.717, 1.165) is 27.2 Å². The highest BCUT2D eigenvalue weighted by Gasteiger charge is 2.07. The summed E-state index contributed by atoms with van der Waals surface area (Å²) in [7, 11) is 0. The quantitative estimate of drug-likeness (QED) is 0.524. The molecule has 118 valence electrons. The van der Waals surface area contributed by atoms with Gasteiger partial charge in [-0.15, -0.1) is 11.3 Å². The summed E-state index contributed by atoms with van der Waals surface area (Å²) in [4.78, 5) is 12.7. The second-order valence-electron chi connectivity index (χ2n) is 5.27. The van der Waals surface area contributed by atoms with Crippen LogP contribution in [-0.4, -0.2) is 15.0 Å². The first-order valence-electron chi connectivity index (χ1n) is 7.43. The molecule has 3 aromatic heterocycles. The Balaban J connectivity index is 1.52. The highest BCUT2D eigenvalue weighted by molar-refractivity contribution is 7.17. The van der Waals surface area contributed by atoms with E-state index in [1.54, 1.807) is 17.5 Å². The molecule has 4 rings (SSSR count). The lowest BCUT2D eigenvalue weighted by atomic mass is 10.1. The minimum Gasteiger partial charge on any atom is -0.365 e. The molecule has 0 unspecified atom stereocenters. The number of thiophene rings is 1. The van der Waals surface area contributed by atoms with Crippen LogP contribution in [0.2, 0.25) is 5.28 Å². The van der Waals surface area contributed by atoms with Crippen molar-refractivity contribution in [1.29, 1.82) is 0 Å². The highest BCUT2D eigenvalue weighted by atomic mass is 35.5. The normalized spacial score (nSPS) is 10.9. The maximum Gasteiger partial charge on any atom is 0.224 e. The van der Waals surface area contributed by atoms with E-state index in [1.807, 2.05) is 23.7 Å². The number of nitrogens with one attached hydrogen (secondary N) is 1. The summed E-state index contributed by atoms with van der Waals surface area (Å²) in [6.45, 7) is 0.674. The van der Waals surface area contributed by atoms with Crippen LogP contribution in [0.5, 0.6) is 0 Å². The Kier molecular flexibility index (Phi) is 4.11. The van der Waals surface area contributed by atoms with Crippen LogP contribution in [0.3, 0.4) is 0 Å². The SMILES string of the molecule is Clc1nc(NCc2ccc(-c3cccnc3)cc2)c2sccc2n1. The Morgan fingerprint density at radius 1 is 1.00 bits per heavy atom. The third-order valence-corrected chi connectivity index (χ3v) is 4.76. The number of rotatable bonds is 4. The van der Waals surface area contributed by atoms with Crippen molar-refractivity contribution in [2.24, 2.45) is 0 Å². The van der Waals surface area contributed by atoms with Gasteiger partial charge in [0.05, 0.1) is 10.2 Å². The molecule has 0 atom stereocenters. The molecule has 6 heteroatoms. The van der Waals surface area contributed by atoms with Crippen LogP contribution in [-0.2, 0) is 6.54 Å². The topological polar surface area (TPSA) is 50.7 Å². The Morgan fingerprint density at radius 2 is 1.88 bits per heavy atom. The van der Waals surface area contributed by atoms with Gasteiger partial charge in [-0.3, -0.25) is 4.98 Å². The van der Waals surface area contributed by atoms with Crippen LogP contribution in [0, 0.1) is 0 Å². The molecule has 0 spiro atoms. The number of aromatic nitrogens is 3. The van der Waals surface area contributed by atoms with Crippen molar-refractivity contribution in [3.63, 3.8) is 0 Å². The van der Waals surface area contributed by atoms with Crippen LogP contribution >= 0.6 is 22.9 Å². The maximum atomic E-state index is 5.99. The second-order valence-corrected chi connectivity index (χ2v) is 6.52. The standard InChI is InChI=1S/C18H13ClN4S/c19-18-22-15-7-9-24-16(15)17(23-18)21-10-12-3-5-13(6-4-12)14-2-1-8-20-11-14/h1-9,11H,10H2,(H,21,22,23). The molecule has 0 radical (unpaired) electrons. The molecule has 0 aliphatic heterocycles. The first kappa shape index (κ1) is 15.1. The smallest absolute Gasteiger partial charge is 0.224 e. The summed E-state index contributed by atoms with van der Waals surface area (Å²) < 4.78 is 1.02. The van der Waals surface area contributed by atoms with Gasteiger partial charge >= 0.3 is 0 Å². The van der Waals surface area contributed by atoms with Gasteiger partial charge in [0, 0.05) is 18.9 Å². The number of anilines is 1. The molecule has 3 heterocycles. The number of pyridine rings is 1. The lowest BCUT2D eigenvalue weighted by Gasteiger charge is -2.08. The molecular formula is C18H13ClN4S. The Hall–Kier alpha value is -2.50. The molecule has 0 aliphatic carbocycles. The van der Waals surface area contributed by atoms with E-state index in [1.165, 1.54) is 5.56 Å². The molecule has 4 nitrogen and oxygen atoms in total. The van der Waals surface area contributed by atoms with Gasteiger partial charge in [0.25, 0.3) is 0 Å². The summed E-state index contributed by atoms with van der Waals surface area (Å²) >= 11 is 7.59. The van der Waals surface area contributed by atoms with Gasteiger partial charge in [-0.2, -0.15) is 4.98 Å².